The molecule has 0 N–H and O–H groups in total. The third-order valence-corrected chi connectivity index (χ3v) is 1.66. The molecular weight excluding hydrogens is 199 g/mol. The summed E-state index contributed by atoms with van der Waals surface area (Å²) in [7, 11) is 0. The van der Waals surface area contributed by atoms with Crippen molar-refractivity contribution in [2.45, 2.75) is 0 Å². The Hall–Kier alpha value is -1.67. The molecule has 0 aliphatic carbocycles. The maximum atomic E-state index is 12.8. The Balaban J connectivity index is 3.41. The van der Waals surface area contributed by atoms with Gasteiger partial charge in [0.05, 0.1) is 10.5 Å². The van der Waals surface area contributed by atoms with Gasteiger partial charge in [-0.3, -0.25) is 10.1 Å². The summed E-state index contributed by atoms with van der Waals surface area (Å²) in [5.41, 5.74) is -0.865. The standard InChI is InChI=1S/C7H2ClFN2O2/c8-5-2-6(9)4(3-10)1-7(5)11(12)13/h1-2H. The van der Waals surface area contributed by atoms with Crippen molar-refractivity contribution in [2.24, 2.45) is 0 Å². The van der Waals surface area contributed by atoms with Crippen LogP contribution in [0.3, 0.4) is 0 Å². The highest BCUT2D eigenvalue weighted by Gasteiger charge is 2.16. The van der Waals surface area contributed by atoms with Gasteiger partial charge in [0.1, 0.15) is 16.9 Å². The van der Waals surface area contributed by atoms with Gasteiger partial charge in [-0.05, 0) is 0 Å². The van der Waals surface area contributed by atoms with Crippen LogP contribution in [-0.4, -0.2) is 4.92 Å². The first-order chi connectivity index (χ1) is 6.06. The molecule has 0 aliphatic rings. The first-order valence-electron chi connectivity index (χ1n) is 3.10. The Morgan fingerprint density at radius 3 is 2.69 bits per heavy atom. The molecule has 0 saturated carbocycles. The van der Waals surface area contributed by atoms with Crippen molar-refractivity contribution >= 4 is 17.3 Å². The highest BCUT2D eigenvalue weighted by molar-refractivity contribution is 6.32. The minimum atomic E-state index is -0.863. The molecule has 0 aliphatic heterocycles. The molecule has 1 aromatic carbocycles. The zero-order valence-corrected chi connectivity index (χ0v) is 6.88. The van der Waals surface area contributed by atoms with E-state index >= 15 is 0 Å². The van der Waals surface area contributed by atoms with Gasteiger partial charge >= 0.3 is 0 Å². The number of halogens is 2. The van der Waals surface area contributed by atoms with Gasteiger partial charge in [-0.2, -0.15) is 5.26 Å². The maximum Gasteiger partial charge on any atom is 0.289 e. The number of hydrogen-bond donors (Lipinski definition) is 0. The van der Waals surface area contributed by atoms with Gasteiger partial charge in [-0.15, -0.1) is 0 Å². The predicted octanol–water partition coefficient (Wildman–Crippen LogP) is 2.26. The van der Waals surface area contributed by atoms with E-state index in [2.05, 4.69) is 0 Å². The highest BCUT2D eigenvalue weighted by atomic mass is 35.5. The van der Waals surface area contributed by atoms with Gasteiger partial charge in [-0.1, -0.05) is 11.6 Å². The lowest BCUT2D eigenvalue weighted by Crippen LogP contribution is -1.92. The molecule has 0 heterocycles. The number of nitriles is 1. The lowest BCUT2D eigenvalue weighted by molar-refractivity contribution is -0.384. The summed E-state index contributed by atoms with van der Waals surface area (Å²) in [5.74, 6) is -0.863. The number of nitro benzene ring substituents is 1. The first-order valence-corrected chi connectivity index (χ1v) is 3.47. The van der Waals surface area contributed by atoms with E-state index in [4.69, 9.17) is 16.9 Å². The molecule has 66 valence electrons. The summed E-state index contributed by atoms with van der Waals surface area (Å²) in [6.45, 7) is 0. The van der Waals surface area contributed by atoms with E-state index in [0.717, 1.165) is 12.1 Å². The molecule has 0 amide bonds. The van der Waals surface area contributed by atoms with Gasteiger partial charge in [0.15, 0.2) is 0 Å². The third-order valence-electron chi connectivity index (χ3n) is 1.35. The summed E-state index contributed by atoms with van der Waals surface area (Å²) in [5, 5.41) is 18.3. The predicted molar refractivity (Wildman–Crippen MR) is 42.8 cm³/mol. The van der Waals surface area contributed by atoms with Crippen LogP contribution in [0.2, 0.25) is 5.02 Å². The lowest BCUT2D eigenvalue weighted by atomic mass is 10.2. The van der Waals surface area contributed by atoms with Crippen LogP contribution in [0.1, 0.15) is 5.56 Å². The molecule has 1 aromatic rings. The molecule has 6 heteroatoms. The van der Waals surface area contributed by atoms with Crippen LogP contribution in [0.25, 0.3) is 0 Å². The molecule has 4 nitrogen and oxygen atoms in total. The third kappa shape index (κ3) is 1.73. The Labute approximate surface area is 77.3 Å². The molecule has 0 saturated heterocycles. The second-order valence-electron chi connectivity index (χ2n) is 2.15. The van der Waals surface area contributed by atoms with E-state index < -0.39 is 22.0 Å². The van der Waals surface area contributed by atoms with E-state index in [1.54, 1.807) is 0 Å². The van der Waals surface area contributed by atoms with E-state index in [0.29, 0.717) is 0 Å². The van der Waals surface area contributed by atoms with E-state index in [1.165, 1.54) is 6.07 Å². The average Bonchev–Trinajstić information content (AvgIpc) is 2.03. The second-order valence-corrected chi connectivity index (χ2v) is 2.56. The van der Waals surface area contributed by atoms with Crippen molar-refractivity contribution < 1.29 is 9.31 Å². The van der Waals surface area contributed by atoms with Crippen LogP contribution >= 0.6 is 11.6 Å². The van der Waals surface area contributed by atoms with Crippen molar-refractivity contribution in [3.63, 3.8) is 0 Å². The van der Waals surface area contributed by atoms with Crippen molar-refractivity contribution in [2.75, 3.05) is 0 Å². The summed E-state index contributed by atoms with van der Waals surface area (Å²) in [6.07, 6.45) is 0. The molecule has 0 bridgehead atoms. The molecule has 0 unspecified atom stereocenters. The van der Waals surface area contributed by atoms with Crippen LogP contribution < -0.4 is 0 Å². The SMILES string of the molecule is N#Cc1cc([N+](=O)[O-])c(Cl)cc1F. The fraction of sp³-hybridized carbons (Fsp3) is 0. The molecule has 0 aromatic heterocycles. The Kier molecular flexibility index (Phi) is 2.44. The fourth-order valence-corrected chi connectivity index (χ4v) is 0.983. The zero-order chi connectivity index (χ0) is 10.0. The number of rotatable bonds is 1. The normalized spacial score (nSPS) is 9.31. The van der Waals surface area contributed by atoms with E-state index in [9.17, 15) is 14.5 Å². The van der Waals surface area contributed by atoms with Crippen molar-refractivity contribution in [3.8, 4) is 6.07 Å². The van der Waals surface area contributed by atoms with E-state index in [-0.39, 0.29) is 5.02 Å². The van der Waals surface area contributed by atoms with Crippen molar-refractivity contribution in [3.05, 3.63) is 38.7 Å². The van der Waals surface area contributed by atoms with Crippen LogP contribution in [0.15, 0.2) is 12.1 Å². The zero-order valence-electron chi connectivity index (χ0n) is 6.12. The lowest BCUT2D eigenvalue weighted by Gasteiger charge is -1.96. The van der Waals surface area contributed by atoms with Crippen LogP contribution in [-0.2, 0) is 0 Å². The molecule has 0 fully saturated rings. The van der Waals surface area contributed by atoms with E-state index in [1.807, 2.05) is 0 Å². The molecule has 0 radical (unpaired) electrons. The van der Waals surface area contributed by atoms with Gasteiger partial charge in [-0.25, -0.2) is 4.39 Å². The van der Waals surface area contributed by atoms with Gasteiger partial charge in [0.25, 0.3) is 5.69 Å². The van der Waals surface area contributed by atoms with Gasteiger partial charge in [0.2, 0.25) is 0 Å². The molecule has 0 atom stereocenters. The van der Waals surface area contributed by atoms with Crippen molar-refractivity contribution in [1.29, 1.82) is 5.26 Å². The minimum Gasteiger partial charge on any atom is -0.258 e. The number of hydrogen-bond acceptors (Lipinski definition) is 3. The number of nitrogens with zero attached hydrogens (tertiary/aromatic N) is 2. The maximum absolute atomic E-state index is 12.8. The van der Waals surface area contributed by atoms with Gasteiger partial charge in [0, 0.05) is 12.1 Å². The molecular formula is C7H2ClFN2O2. The second kappa shape index (κ2) is 3.37. The number of benzene rings is 1. The van der Waals surface area contributed by atoms with Crippen LogP contribution in [0.5, 0.6) is 0 Å². The smallest absolute Gasteiger partial charge is 0.258 e. The molecule has 1 rings (SSSR count). The fourth-order valence-electron chi connectivity index (χ4n) is 0.763. The quantitative estimate of drug-likeness (QED) is 0.516. The van der Waals surface area contributed by atoms with Crippen molar-refractivity contribution in [1.82, 2.24) is 0 Å². The Morgan fingerprint density at radius 1 is 1.62 bits per heavy atom. The molecule has 0 spiro atoms. The Morgan fingerprint density at radius 2 is 2.23 bits per heavy atom. The minimum absolute atomic E-state index is 0.318. The van der Waals surface area contributed by atoms with Crippen LogP contribution in [0.4, 0.5) is 10.1 Å². The topological polar surface area (TPSA) is 66.9 Å². The number of nitro groups is 1. The Bertz CT molecular complexity index is 414. The largest absolute Gasteiger partial charge is 0.289 e. The first kappa shape index (κ1) is 9.42. The summed E-state index contributed by atoms with van der Waals surface area (Å²) < 4.78 is 12.8. The summed E-state index contributed by atoms with van der Waals surface area (Å²) in [6, 6.07) is 3.03. The summed E-state index contributed by atoms with van der Waals surface area (Å²) in [4.78, 5) is 9.52. The van der Waals surface area contributed by atoms with Crippen LogP contribution in [0, 0.1) is 27.3 Å². The van der Waals surface area contributed by atoms with Gasteiger partial charge < -0.3 is 0 Å². The highest BCUT2D eigenvalue weighted by Crippen LogP contribution is 2.26. The molecule has 13 heavy (non-hydrogen) atoms. The summed E-state index contributed by atoms with van der Waals surface area (Å²) >= 11 is 5.36. The monoisotopic (exact) mass is 200 g/mol. The average molecular weight is 201 g/mol.